The molecule has 96 valence electrons. The van der Waals surface area contributed by atoms with Gasteiger partial charge < -0.3 is 0 Å². The largest absolute Gasteiger partial charge is 0.434 e. The minimum absolute atomic E-state index is 0.156. The first-order valence-corrected chi connectivity index (χ1v) is 6.14. The lowest BCUT2D eigenvalue weighted by atomic mass is 10.2. The number of aromatic nitrogens is 1. The molecule has 0 saturated carbocycles. The summed E-state index contributed by atoms with van der Waals surface area (Å²) in [6.07, 6.45) is -8.00. The van der Waals surface area contributed by atoms with Gasteiger partial charge in [-0.15, -0.1) is 0 Å². The molecule has 0 amide bonds. The maximum atomic E-state index is 12.3. The molecule has 1 aromatic rings. The summed E-state index contributed by atoms with van der Waals surface area (Å²) in [6.45, 7) is 0. The van der Waals surface area contributed by atoms with Gasteiger partial charge in [0.2, 0.25) is 0 Å². The molecule has 0 unspecified atom stereocenters. The van der Waals surface area contributed by atoms with Crippen molar-refractivity contribution in [3.8, 4) is 0 Å². The second-order valence-corrected chi connectivity index (χ2v) is 5.39. The van der Waals surface area contributed by atoms with Gasteiger partial charge >= 0.3 is 6.18 Å². The van der Waals surface area contributed by atoms with E-state index in [0.29, 0.717) is 0 Å². The maximum absolute atomic E-state index is 12.3. The first kappa shape index (κ1) is 14.1. The van der Waals surface area contributed by atoms with Crippen molar-refractivity contribution < 1.29 is 30.4 Å². The number of hydrogen-bond acceptors (Lipinski definition) is 3. The summed E-state index contributed by atoms with van der Waals surface area (Å²) in [4.78, 5) is 1.19. The average Bonchev–Trinajstić information content (AvgIpc) is 2.14. The molecule has 1 aromatic heterocycles. The van der Waals surface area contributed by atoms with Crippen LogP contribution in [-0.2, 0) is 15.2 Å². The second-order valence-electron chi connectivity index (χ2n) is 2.85. The van der Waals surface area contributed by atoms with Crippen molar-refractivity contribution in [3.05, 3.63) is 23.5 Å². The quantitative estimate of drug-likeness (QED) is 0.622. The standard InChI is InChI=1S/C7H3ClF5NO2S/c8-17(15,16)4-1-3(6(9)10)2-14-5(4)7(11,12)13/h1-2,6H. The molecule has 3 nitrogen and oxygen atoms in total. The topological polar surface area (TPSA) is 47.0 Å². The normalized spacial score (nSPS) is 13.1. The van der Waals surface area contributed by atoms with E-state index in [2.05, 4.69) is 4.98 Å². The van der Waals surface area contributed by atoms with E-state index in [4.69, 9.17) is 10.7 Å². The Morgan fingerprint density at radius 3 is 2.18 bits per heavy atom. The third-order valence-electron chi connectivity index (χ3n) is 1.66. The van der Waals surface area contributed by atoms with Crippen LogP contribution >= 0.6 is 10.7 Å². The molecule has 0 aliphatic rings. The molecule has 17 heavy (non-hydrogen) atoms. The van der Waals surface area contributed by atoms with Gasteiger partial charge in [-0.05, 0) is 6.07 Å². The van der Waals surface area contributed by atoms with Crippen molar-refractivity contribution in [1.82, 2.24) is 4.98 Å². The van der Waals surface area contributed by atoms with Crippen molar-refractivity contribution >= 4 is 19.7 Å². The van der Waals surface area contributed by atoms with Crippen LogP contribution in [0.4, 0.5) is 22.0 Å². The molecule has 1 rings (SSSR count). The zero-order valence-electron chi connectivity index (χ0n) is 7.67. The summed E-state index contributed by atoms with van der Waals surface area (Å²) in [5.74, 6) is 0. The van der Waals surface area contributed by atoms with E-state index in [1.165, 1.54) is 0 Å². The van der Waals surface area contributed by atoms with Crippen molar-refractivity contribution in [2.75, 3.05) is 0 Å². The van der Waals surface area contributed by atoms with Crippen molar-refractivity contribution in [1.29, 1.82) is 0 Å². The van der Waals surface area contributed by atoms with Crippen LogP contribution in [0.25, 0.3) is 0 Å². The highest BCUT2D eigenvalue weighted by atomic mass is 35.7. The zero-order valence-corrected chi connectivity index (χ0v) is 9.24. The van der Waals surface area contributed by atoms with Gasteiger partial charge in [-0.25, -0.2) is 22.2 Å². The monoisotopic (exact) mass is 295 g/mol. The molecular weight excluding hydrogens is 293 g/mol. The van der Waals surface area contributed by atoms with Crippen LogP contribution in [0.5, 0.6) is 0 Å². The first-order chi connectivity index (χ1) is 7.53. The Morgan fingerprint density at radius 1 is 1.29 bits per heavy atom. The molecule has 0 fully saturated rings. The lowest BCUT2D eigenvalue weighted by molar-refractivity contribution is -0.143. The Morgan fingerprint density at radius 2 is 1.82 bits per heavy atom. The number of halogens is 6. The number of pyridine rings is 1. The van der Waals surface area contributed by atoms with E-state index in [9.17, 15) is 30.4 Å². The summed E-state index contributed by atoms with van der Waals surface area (Å²) in [5, 5.41) is 0. The molecule has 0 radical (unpaired) electrons. The summed E-state index contributed by atoms with van der Waals surface area (Å²) in [7, 11) is -0.0825. The molecule has 0 saturated heterocycles. The van der Waals surface area contributed by atoms with Crippen LogP contribution in [0, 0.1) is 0 Å². The molecule has 0 bridgehead atoms. The number of hydrogen-bond donors (Lipinski definition) is 0. The predicted octanol–water partition coefficient (Wildman–Crippen LogP) is 2.97. The average molecular weight is 296 g/mol. The zero-order chi connectivity index (χ0) is 13.4. The van der Waals surface area contributed by atoms with Gasteiger partial charge in [0.1, 0.15) is 4.90 Å². The summed E-state index contributed by atoms with van der Waals surface area (Å²) < 4.78 is 83.1. The molecule has 1 heterocycles. The highest BCUT2D eigenvalue weighted by Crippen LogP contribution is 2.35. The summed E-state index contributed by atoms with van der Waals surface area (Å²) in [6, 6.07) is 0.156. The number of alkyl halides is 5. The van der Waals surface area contributed by atoms with Crippen LogP contribution in [0.1, 0.15) is 17.7 Å². The van der Waals surface area contributed by atoms with Crippen molar-refractivity contribution in [2.45, 2.75) is 17.5 Å². The highest BCUT2D eigenvalue weighted by molar-refractivity contribution is 8.13. The maximum Gasteiger partial charge on any atom is 0.434 e. The van der Waals surface area contributed by atoms with Crippen LogP contribution in [0.15, 0.2) is 17.2 Å². The molecular formula is C7H3ClF5NO2S. The second kappa shape index (κ2) is 4.37. The number of rotatable bonds is 2. The fraction of sp³-hybridized carbons (Fsp3) is 0.286. The lowest BCUT2D eigenvalue weighted by Crippen LogP contribution is -2.14. The van der Waals surface area contributed by atoms with Gasteiger partial charge in [0.15, 0.2) is 5.69 Å². The third-order valence-corrected chi connectivity index (χ3v) is 2.99. The predicted molar refractivity (Wildman–Crippen MR) is 47.2 cm³/mol. The lowest BCUT2D eigenvalue weighted by Gasteiger charge is -2.10. The van der Waals surface area contributed by atoms with E-state index >= 15 is 0 Å². The van der Waals surface area contributed by atoms with Gasteiger partial charge in [-0.2, -0.15) is 13.2 Å². The van der Waals surface area contributed by atoms with E-state index in [1.807, 2.05) is 0 Å². The molecule has 10 heteroatoms. The summed E-state index contributed by atoms with van der Waals surface area (Å²) >= 11 is 0. The van der Waals surface area contributed by atoms with E-state index < -0.39 is 37.8 Å². The minimum Gasteiger partial charge on any atom is -0.250 e. The van der Waals surface area contributed by atoms with Crippen LogP contribution in [0.3, 0.4) is 0 Å². The fourth-order valence-corrected chi connectivity index (χ4v) is 2.01. The van der Waals surface area contributed by atoms with Crippen LogP contribution < -0.4 is 0 Å². The Labute approximate surface area is 96.6 Å². The molecule has 0 spiro atoms. The first-order valence-electron chi connectivity index (χ1n) is 3.83. The van der Waals surface area contributed by atoms with Crippen LogP contribution in [0.2, 0.25) is 0 Å². The molecule has 0 N–H and O–H groups in total. The Bertz CT molecular complexity index is 528. The van der Waals surface area contributed by atoms with Crippen LogP contribution in [-0.4, -0.2) is 13.4 Å². The van der Waals surface area contributed by atoms with Gasteiger partial charge in [-0.3, -0.25) is 0 Å². The van der Waals surface area contributed by atoms with Gasteiger partial charge in [-0.1, -0.05) is 0 Å². The van der Waals surface area contributed by atoms with Gasteiger partial charge in [0.05, 0.1) is 0 Å². The Kier molecular flexibility index (Phi) is 3.63. The minimum atomic E-state index is -5.10. The molecule has 0 aliphatic heterocycles. The SMILES string of the molecule is O=S(=O)(Cl)c1cc(C(F)F)cnc1C(F)(F)F. The van der Waals surface area contributed by atoms with E-state index in [1.54, 1.807) is 0 Å². The Hall–Kier alpha value is -0.960. The fourth-order valence-electron chi connectivity index (χ4n) is 0.978. The molecule has 0 atom stereocenters. The molecule has 0 aromatic carbocycles. The van der Waals surface area contributed by atoms with Crippen molar-refractivity contribution in [3.63, 3.8) is 0 Å². The number of nitrogens with zero attached hydrogens (tertiary/aromatic N) is 1. The highest BCUT2D eigenvalue weighted by Gasteiger charge is 2.39. The van der Waals surface area contributed by atoms with Crippen molar-refractivity contribution in [2.24, 2.45) is 0 Å². The third kappa shape index (κ3) is 3.25. The summed E-state index contributed by atoms with van der Waals surface area (Å²) in [5.41, 5.74) is -2.78. The van der Waals surface area contributed by atoms with Gasteiger partial charge in [0.25, 0.3) is 15.5 Å². The smallest absolute Gasteiger partial charge is 0.250 e. The Balaban J connectivity index is 3.55. The molecule has 0 aliphatic carbocycles. The van der Waals surface area contributed by atoms with E-state index in [0.717, 1.165) is 0 Å². The van der Waals surface area contributed by atoms with Gasteiger partial charge in [0, 0.05) is 22.4 Å². The van der Waals surface area contributed by atoms with E-state index in [-0.39, 0.29) is 12.3 Å².